The lowest BCUT2D eigenvalue weighted by atomic mass is 10.0. The number of amides is 1. The number of ether oxygens (including phenoxy) is 1. The summed E-state index contributed by atoms with van der Waals surface area (Å²) < 4.78 is 5.27. The number of carbonyl (C=O) groups is 2. The highest BCUT2D eigenvalue weighted by molar-refractivity contribution is 6.01. The van der Waals surface area contributed by atoms with Gasteiger partial charge in [-0.2, -0.15) is 0 Å². The predicted octanol–water partition coefficient (Wildman–Crippen LogP) is 3.35. The molecule has 0 atom stereocenters. The number of methoxy groups -OCH3 is 1. The molecule has 1 aliphatic rings. The van der Waals surface area contributed by atoms with Crippen molar-refractivity contribution in [2.75, 3.05) is 45.7 Å². The predicted molar refractivity (Wildman–Crippen MR) is 119 cm³/mol. The molecule has 0 unspecified atom stereocenters. The molecule has 0 saturated carbocycles. The van der Waals surface area contributed by atoms with Gasteiger partial charge in [0, 0.05) is 51.3 Å². The molecule has 1 fully saturated rings. The van der Waals surface area contributed by atoms with Crippen molar-refractivity contribution < 1.29 is 14.3 Å². The van der Waals surface area contributed by atoms with Gasteiger partial charge in [0.05, 0.1) is 12.7 Å². The van der Waals surface area contributed by atoms with E-state index in [-0.39, 0.29) is 24.5 Å². The first kappa shape index (κ1) is 22.0. The normalized spacial score (nSPS) is 15.0. The van der Waals surface area contributed by atoms with Crippen LogP contribution in [0, 0.1) is 6.92 Å². The van der Waals surface area contributed by atoms with E-state index >= 15 is 0 Å². The highest BCUT2D eigenvalue weighted by Crippen LogP contribution is 2.22. The molecule has 6 heteroatoms. The third-order valence-corrected chi connectivity index (χ3v) is 5.47. The number of hydrogen-bond acceptors (Lipinski definition) is 5. The van der Waals surface area contributed by atoms with Gasteiger partial charge in [-0.3, -0.25) is 14.5 Å². The second-order valence-corrected chi connectivity index (χ2v) is 7.95. The Kier molecular flexibility index (Phi) is 7.60. The molecule has 0 spiro atoms. The zero-order valence-electron chi connectivity index (χ0n) is 18.1. The fourth-order valence-electron chi connectivity index (χ4n) is 3.58. The van der Waals surface area contributed by atoms with Crippen LogP contribution in [-0.2, 0) is 11.3 Å². The molecule has 2 aromatic rings. The van der Waals surface area contributed by atoms with E-state index in [9.17, 15) is 9.59 Å². The molecule has 1 N–H and O–H groups in total. The van der Waals surface area contributed by atoms with Crippen LogP contribution in [-0.4, -0.2) is 61.8 Å². The highest BCUT2D eigenvalue weighted by Gasteiger charge is 2.15. The van der Waals surface area contributed by atoms with Crippen molar-refractivity contribution in [3.05, 3.63) is 59.2 Å². The third-order valence-electron chi connectivity index (χ3n) is 5.47. The number of likely N-dealkylation sites (N-methyl/N-ethyl adjacent to an activating group) is 1. The largest absolute Gasteiger partial charge is 0.496 e. The number of hydrogen-bond donors (Lipinski definition) is 1. The lowest BCUT2D eigenvalue weighted by Gasteiger charge is -2.32. The van der Waals surface area contributed by atoms with Crippen molar-refractivity contribution in [1.29, 1.82) is 0 Å². The summed E-state index contributed by atoms with van der Waals surface area (Å²) in [5, 5.41) is 2.88. The fourth-order valence-corrected chi connectivity index (χ4v) is 3.58. The van der Waals surface area contributed by atoms with Crippen molar-refractivity contribution in [2.24, 2.45) is 0 Å². The van der Waals surface area contributed by atoms with Crippen LogP contribution in [0.5, 0.6) is 5.75 Å². The Balaban J connectivity index is 1.48. The smallest absolute Gasteiger partial charge is 0.224 e. The van der Waals surface area contributed by atoms with Crippen LogP contribution >= 0.6 is 0 Å². The van der Waals surface area contributed by atoms with E-state index in [1.165, 1.54) is 5.56 Å². The van der Waals surface area contributed by atoms with E-state index in [2.05, 4.69) is 34.3 Å². The Morgan fingerprint density at radius 1 is 1.00 bits per heavy atom. The lowest BCUT2D eigenvalue weighted by molar-refractivity contribution is -0.116. The summed E-state index contributed by atoms with van der Waals surface area (Å²) in [6.45, 7) is 7.21. The van der Waals surface area contributed by atoms with Crippen LogP contribution in [0.3, 0.4) is 0 Å². The summed E-state index contributed by atoms with van der Waals surface area (Å²) in [6, 6.07) is 13.4. The number of anilines is 1. The van der Waals surface area contributed by atoms with E-state index in [1.54, 1.807) is 19.2 Å². The number of rotatable bonds is 8. The number of nitrogens with zero attached hydrogens (tertiary/aromatic N) is 2. The topological polar surface area (TPSA) is 61.9 Å². The third kappa shape index (κ3) is 6.15. The Labute approximate surface area is 178 Å². The van der Waals surface area contributed by atoms with E-state index in [1.807, 2.05) is 25.1 Å². The second-order valence-electron chi connectivity index (χ2n) is 7.95. The standard InChI is InChI=1S/C24H31N3O3/c1-18-4-10-23(30-3)21(16-18)22(28)9-11-24(29)25-20-7-5-19(6-8-20)17-27-14-12-26(2)13-15-27/h4-8,10,16H,9,11-15,17H2,1-3H3,(H,25,29). The zero-order chi connectivity index (χ0) is 21.5. The summed E-state index contributed by atoms with van der Waals surface area (Å²) in [5.41, 5.74) is 3.50. The monoisotopic (exact) mass is 409 g/mol. The minimum atomic E-state index is -0.165. The Bertz CT molecular complexity index is 872. The van der Waals surface area contributed by atoms with Crippen LogP contribution in [0.2, 0.25) is 0 Å². The van der Waals surface area contributed by atoms with Crippen molar-refractivity contribution in [3.63, 3.8) is 0 Å². The van der Waals surface area contributed by atoms with Gasteiger partial charge in [-0.05, 0) is 43.8 Å². The number of piperazine rings is 1. The van der Waals surface area contributed by atoms with Crippen molar-refractivity contribution in [3.8, 4) is 5.75 Å². The summed E-state index contributed by atoms with van der Waals surface area (Å²) in [7, 11) is 3.70. The van der Waals surface area contributed by atoms with Crippen LogP contribution in [0.1, 0.15) is 34.3 Å². The van der Waals surface area contributed by atoms with Crippen molar-refractivity contribution in [2.45, 2.75) is 26.3 Å². The van der Waals surface area contributed by atoms with Crippen LogP contribution < -0.4 is 10.1 Å². The summed E-state index contributed by atoms with van der Waals surface area (Å²) >= 11 is 0. The first-order valence-corrected chi connectivity index (χ1v) is 10.4. The molecule has 1 heterocycles. The molecule has 160 valence electrons. The average molecular weight is 410 g/mol. The van der Waals surface area contributed by atoms with E-state index in [0.717, 1.165) is 44.0 Å². The zero-order valence-corrected chi connectivity index (χ0v) is 18.1. The molecule has 2 aromatic carbocycles. The first-order chi connectivity index (χ1) is 14.4. The average Bonchev–Trinajstić information content (AvgIpc) is 2.75. The second kappa shape index (κ2) is 10.4. The van der Waals surface area contributed by atoms with Gasteiger partial charge in [0.15, 0.2) is 5.78 Å². The number of Topliss-reactive ketones (excluding diaryl/α,β-unsaturated/α-hetero) is 1. The van der Waals surface area contributed by atoms with Crippen LogP contribution in [0.15, 0.2) is 42.5 Å². The maximum atomic E-state index is 12.5. The van der Waals surface area contributed by atoms with Crippen LogP contribution in [0.4, 0.5) is 5.69 Å². The van der Waals surface area contributed by atoms with E-state index in [4.69, 9.17) is 4.74 Å². The molecule has 0 aromatic heterocycles. The highest BCUT2D eigenvalue weighted by atomic mass is 16.5. The SMILES string of the molecule is COc1ccc(C)cc1C(=O)CCC(=O)Nc1ccc(CN2CCN(C)CC2)cc1. The fraction of sp³-hybridized carbons (Fsp3) is 0.417. The maximum Gasteiger partial charge on any atom is 0.224 e. The Hall–Kier alpha value is -2.70. The Morgan fingerprint density at radius 3 is 2.37 bits per heavy atom. The van der Waals surface area contributed by atoms with Gasteiger partial charge < -0.3 is 15.0 Å². The molecular weight excluding hydrogens is 378 g/mol. The van der Waals surface area contributed by atoms with Gasteiger partial charge in [-0.25, -0.2) is 0 Å². The molecule has 3 rings (SSSR count). The van der Waals surface area contributed by atoms with Gasteiger partial charge in [-0.15, -0.1) is 0 Å². The molecule has 1 saturated heterocycles. The number of aryl methyl sites for hydroxylation is 1. The number of benzene rings is 2. The minimum absolute atomic E-state index is 0.0896. The summed E-state index contributed by atoms with van der Waals surface area (Å²) in [6.07, 6.45) is 0.284. The van der Waals surface area contributed by atoms with Gasteiger partial charge in [0.1, 0.15) is 5.75 Å². The lowest BCUT2D eigenvalue weighted by Crippen LogP contribution is -2.43. The van der Waals surface area contributed by atoms with Crippen molar-refractivity contribution in [1.82, 2.24) is 9.80 Å². The van der Waals surface area contributed by atoms with Gasteiger partial charge in [0.25, 0.3) is 0 Å². The molecule has 0 radical (unpaired) electrons. The summed E-state index contributed by atoms with van der Waals surface area (Å²) in [5.74, 6) is 0.289. The van der Waals surface area contributed by atoms with Gasteiger partial charge in [-0.1, -0.05) is 23.8 Å². The molecule has 0 aliphatic carbocycles. The number of nitrogens with one attached hydrogen (secondary N) is 1. The molecular formula is C24H31N3O3. The number of ketones is 1. The quantitative estimate of drug-likeness (QED) is 0.678. The molecule has 6 nitrogen and oxygen atoms in total. The van der Waals surface area contributed by atoms with Gasteiger partial charge >= 0.3 is 0 Å². The Morgan fingerprint density at radius 2 is 1.70 bits per heavy atom. The summed E-state index contributed by atoms with van der Waals surface area (Å²) in [4.78, 5) is 29.6. The molecule has 0 bridgehead atoms. The van der Waals surface area contributed by atoms with Crippen LogP contribution in [0.25, 0.3) is 0 Å². The first-order valence-electron chi connectivity index (χ1n) is 10.4. The molecule has 1 aliphatic heterocycles. The van der Waals surface area contributed by atoms with E-state index in [0.29, 0.717) is 11.3 Å². The molecule has 1 amide bonds. The van der Waals surface area contributed by atoms with Crippen molar-refractivity contribution >= 4 is 17.4 Å². The maximum absolute atomic E-state index is 12.5. The minimum Gasteiger partial charge on any atom is -0.496 e. The van der Waals surface area contributed by atoms with E-state index < -0.39 is 0 Å². The molecule has 30 heavy (non-hydrogen) atoms. The number of carbonyl (C=O) groups excluding carboxylic acids is 2. The van der Waals surface area contributed by atoms with Gasteiger partial charge in [0.2, 0.25) is 5.91 Å².